The van der Waals surface area contributed by atoms with Gasteiger partial charge in [0.15, 0.2) is 12.0 Å². The Balaban J connectivity index is 1.49. The number of aromatic amines is 1. The zero-order chi connectivity index (χ0) is 21.0. The molecule has 2 amide bonds. The van der Waals surface area contributed by atoms with Gasteiger partial charge in [0.2, 0.25) is 5.88 Å². The maximum atomic E-state index is 12.5. The van der Waals surface area contributed by atoms with Crippen LogP contribution in [-0.2, 0) is 17.6 Å². The normalized spacial score (nSPS) is 22.4. The van der Waals surface area contributed by atoms with Gasteiger partial charge in [-0.3, -0.25) is 4.79 Å². The van der Waals surface area contributed by atoms with Gasteiger partial charge in [-0.1, -0.05) is 23.2 Å². The van der Waals surface area contributed by atoms with E-state index < -0.39 is 6.03 Å². The van der Waals surface area contributed by atoms with Crippen LogP contribution in [0.15, 0.2) is 22.0 Å². The van der Waals surface area contributed by atoms with Crippen LogP contribution < -0.4 is 20.6 Å². The third kappa shape index (κ3) is 3.32. The monoisotopic (exact) mass is 449 g/mol. The Morgan fingerprint density at radius 3 is 2.60 bits per heavy atom. The molecule has 9 nitrogen and oxygen atoms in total. The molecule has 0 radical (unpaired) electrons. The molecule has 2 unspecified atom stereocenters. The molecule has 2 N–H and O–H groups in total. The van der Waals surface area contributed by atoms with Gasteiger partial charge in [0.1, 0.15) is 6.10 Å². The smallest absolute Gasteiger partial charge is 0.344 e. The number of halogens is 2. The van der Waals surface area contributed by atoms with Crippen LogP contribution >= 0.6 is 23.2 Å². The predicted octanol–water partition coefficient (Wildman–Crippen LogP) is 3.38. The number of epoxide rings is 1. The Morgan fingerprint density at radius 2 is 1.87 bits per heavy atom. The molecule has 30 heavy (non-hydrogen) atoms. The van der Waals surface area contributed by atoms with Crippen LogP contribution in [0.3, 0.4) is 0 Å². The topological polar surface area (TPSA) is 112 Å². The number of urea groups is 1. The van der Waals surface area contributed by atoms with E-state index in [9.17, 15) is 9.59 Å². The van der Waals surface area contributed by atoms with Crippen LogP contribution in [0.5, 0.6) is 11.6 Å². The van der Waals surface area contributed by atoms with Crippen LogP contribution in [0, 0.1) is 0 Å². The fourth-order valence-electron chi connectivity index (χ4n) is 3.73. The van der Waals surface area contributed by atoms with Crippen LogP contribution in [0.25, 0.3) is 0 Å². The molecule has 1 aliphatic carbocycles. The Morgan fingerprint density at radius 1 is 1.17 bits per heavy atom. The predicted molar refractivity (Wildman–Crippen MR) is 111 cm³/mol. The molecule has 11 heteroatoms. The van der Waals surface area contributed by atoms with E-state index in [1.54, 1.807) is 6.92 Å². The highest BCUT2D eigenvalue weighted by molar-refractivity contribution is 6.37. The second kappa shape index (κ2) is 7.26. The standard InChI is InChI=1S/C19H17Cl2N5O4/c1-8-14-18(29-14)22-19(28)26(25-8)9-6-12(20)15(13(21)7-9)30-17-11-5-3-2-4-10(11)16(27)23-24-17/h6-7,14,18H,2-5H2,1H3,(H,22,28)(H,23,27). The summed E-state index contributed by atoms with van der Waals surface area (Å²) in [6.45, 7) is 1.78. The van der Waals surface area contributed by atoms with Crippen molar-refractivity contribution in [1.29, 1.82) is 0 Å². The third-order valence-corrected chi connectivity index (χ3v) is 5.87. The number of hydrogen-bond acceptors (Lipinski definition) is 6. The second-order valence-corrected chi connectivity index (χ2v) is 8.16. The van der Waals surface area contributed by atoms with Crippen molar-refractivity contribution in [2.24, 2.45) is 5.10 Å². The average Bonchev–Trinajstić information content (AvgIpc) is 3.50. The number of ether oxygens (including phenoxy) is 2. The van der Waals surface area contributed by atoms with Gasteiger partial charge < -0.3 is 14.8 Å². The summed E-state index contributed by atoms with van der Waals surface area (Å²) in [6, 6.07) is 2.63. The number of carbonyl (C=O) groups excluding carboxylic acids is 1. The molecule has 2 aliphatic heterocycles. The van der Waals surface area contributed by atoms with Gasteiger partial charge >= 0.3 is 6.03 Å². The number of anilines is 1. The van der Waals surface area contributed by atoms with Gasteiger partial charge in [-0.15, -0.1) is 5.10 Å². The molecular weight excluding hydrogens is 433 g/mol. The number of carbonyl (C=O) groups is 1. The number of amides is 2. The van der Waals surface area contributed by atoms with E-state index in [-0.39, 0.29) is 39.6 Å². The summed E-state index contributed by atoms with van der Waals surface area (Å²) in [7, 11) is 0. The lowest BCUT2D eigenvalue weighted by molar-refractivity contribution is 0.240. The molecule has 2 atom stereocenters. The summed E-state index contributed by atoms with van der Waals surface area (Å²) in [5.74, 6) is 0.469. The number of rotatable bonds is 3. The Hall–Kier alpha value is -2.62. The quantitative estimate of drug-likeness (QED) is 0.697. The van der Waals surface area contributed by atoms with Gasteiger partial charge in [0.25, 0.3) is 5.56 Å². The highest BCUT2D eigenvalue weighted by Gasteiger charge is 2.46. The van der Waals surface area contributed by atoms with Crippen molar-refractivity contribution in [3.8, 4) is 11.6 Å². The molecule has 3 heterocycles. The van der Waals surface area contributed by atoms with Gasteiger partial charge in [-0.05, 0) is 44.7 Å². The fourth-order valence-corrected chi connectivity index (χ4v) is 4.29. The maximum absolute atomic E-state index is 12.5. The van der Waals surface area contributed by atoms with Gasteiger partial charge in [-0.25, -0.2) is 9.89 Å². The highest BCUT2D eigenvalue weighted by Crippen LogP contribution is 2.41. The molecule has 3 aliphatic rings. The SMILES string of the molecule is CC1=NN(c2cc(Cl)c(Oc3n[nH]c(=O)c4c3CCCC4)c(Cl)c2)C(=O)NC2OC12. The second-order valence-electron chi connectivity index (χ2n) is 7.34. The molecule has 5 rings (SSSR count). The summed E-state index contributed by atoms with van der Waals surface area (Å²) in [6.07, 6.45) is 2.68. The number of fused-ring (bicyclic) bond motifs is 2. The lowest BCUT2D eigenvalue weighted by atomic mass is 9.94. The molecule has 1 saturated heterocycles. The first kappa shape index (κ1) is 19.3. The van der Waals surface area contributed by atoms with E-state index in [0.29, 0.717) is 29.8 Å². The van der Waals surface area contributed by atoms with Crippen molar-refractivity contribution in [1.82, 2.24) is 15.5 Å². The first-order valence-electron chi connectivity index (χ1n) is 9.51. The number of hydrazone groups is 1. The highest BCUT2D eigenvalue weighted by atomic mass is 35.5. The lowest BCUT2D eigenvalue weighted by Gasteiger charge is -2.20. The number of nitrogens with zero attached hydrogens (tertiary/aromatic N) is 3. The van der Waals surface area contributed by atoms with Crippen LogP contribution in [0.4, 0.5) is 10.5 Å². The summed E-state index contributed by atoms with van der Waals surface area (Å²) in [5.41, 5.74) is 2.29. The lowest BCUT2D eigenvalue weighted by Crippen LogP contribution is -2.37. The van der Waals surface area contributed by atoms with Gasteiger partial charge in [0.05, 0.1) is 21.4 Å². The van der Waals surface area contributed by atoms with Gasteiger partial charge in [-0.2, -0.15) is 10.1 Å². The van der Waals surface area contributed by atoms with E-state index in [1.165, 1.54) is 17.1 Å². The van der Waals surface area contributed by atoms with E-state index >= 15 is 0 Å². The molecule has 0 spiro atoms. The van der Waals surface area contributed by atoms with Crippen molar-refractivity contribution in [3.63, 3.8) is 0 Å². The van der Waals surface area contributed by atoms with Crippen molar-refractivity contribution in [3.05, 3.63) is 43.7 Å². The van der Waals surface area contributed by atoms with E-state index in [1.807, 2.05) is 0 Å². The van der Waals surface area contributed by atoms with E-state index in [4.69, 9.17) is 32.7 Å². The van der Waals surface area contributed by atoms with Crippen molar-refractivity contribution < 1.29 is 14.3 Å². The van der Waals surface area contributed by atoms with Crippen molar-refractivity contribution >= 4 is 40.6 Å². The zero-order valence-corrected chi connectivity index (χ0v) is 17.4. The van der Waals surface area contributed by atoms with Crippen molar-refractivity contribution in [2.75, 3.05) is 5.01 Å². The Labute approximate surface area is 180 Å². The number of aromatic nitrogens is 2. The Kier molecular flexibility index (Phi) is 4.68. The molecular formula is C19H17Cl2N5O4. The summed E-state index contributed by atoms with van der Waals surface area (Å²) >= 11 is 12.9. The number of hydrogen-bond donors (Lipinski definition) is 2. The van der Waals surface area contributed by atoms with Crippen molar-refractivity contribution in [2.45, 2.75) is 44.9 Å². The maximum Gasteiger partial charge on any atom is 0.344 e. The van der Waals surface area contributed by atoms with E-state index in [0.717, 1.165) is 18.4 Å². The third-order valence-electron chi connectivity index (χ3n) is 5.30. The molecule has 1 aromatic heterocycles. The zero-order valence-electron chi connectivity index (χ0n) is 15.9. The number of nitrogens with one attached hydrogen (secondary N) is 2. The molecule has 1 fully saturated rings. The molecule has 156 valence electrons. The minimum absolute atomic E-state index is 0.182. The molecule has 0 bridgehead atoms. The summed E-state index contributed by atoms with van der Waals surface area (Å²) in [4.78, 5) is 24.5. The van der Waals surface area contributed by atoms with Crippen LogP contribution in [0.2, 0.25) is 10.0 Å². The van der Waals surface area contributed by atoms with Gasteiger partial charge in [0, 0.05) is 11.1 Å². The molecule has 2 aromatic rings. The Bertz CT molecular complexity index is 1130. The average molecular weight is 450 g/mol. The molecule has 1 aromatic carbocycles. The summed E-state index contributed by atoms with van der Waals surface area (Å²) < 4.78 is 11.2. The molecule has 0 saturated carbocycles. The number of H-pyrrole nitrogens is 1. The fraction of sp³-hybridized carbons (Fsp3) is 0.368. The van der Waals surface area contributed by atoms with Crippen LogP contribution in [0.1, 0.15) is 30.9 Å². The summed E-state index contributed by atoms with van der Waals surface area (Å²) in [5, 5.41) is 15.1. The minimum Gasteiger partial charge on any atom is -0.434 e. The largest absolute Gasteiger partial charge is 0.434 e. The first-order chi connectivity index (χ1) is 14.4. The number of benzene rings is 1. The van der Waals surface area contributed by atoms with E-state index in [2.05, 4.69) is 20.6 Å². The minimum atomic E-state index is -0.448. The van der Waals surface area contributed by atoms with Crippen LogP contribution in [-0.4, -0.2) is 34.3 Å². The first-order valence-corrected chi connectivity index (χ1v) is 10.3.